The van der Waals surface area contributed by atoms with Gasteiger partial charge in [-0.1, -0.05) is 30.0 Å². The maximum absolute atomic E-state index is 14.6. The molecule has 0 fully saturated rings. The Kier molecular flexibility index (Phi) is 7.13. The molecule has 0 aliphatic rings. The molecule has 4 rings (SSSR count). The summed E-state index contributed by atoms with van der Waals surface area (Å²) in [5.74, 6) is -1.48. The molecule has 0 unspecified atom stereocenters. The van der Waals surface area contributed by atoms with E-state index in [1.165, 1.54) is 31.4 Å². The van der Waals surface area contributed by atoms with Crippen LogP contribution in [0, 0.1) is 46.7 Å². The van der Waals surface area contributed by atoms with Gasteiger partial charge >= 0.3 is 0 Å². The Balaban J connectivity index is 1.54. The molecule has 0 saturated carbocycles. The molecule has 0 radical (unpaired) electrons. The van der Waals surface area contributed by atoms with E-state index in [4.69, 9.17) is 4.74 Å². The van der Waals surface area contributed by atoms with Gasteiger partial charge in [-0.25, -0.2) is 26.3 Å². The zero-order valence-electron chi connectivity index (χ0n) is 18.5. The Labute approximate surface area is 198 Å². The van der Waals surface area contributed by atoms with Crippen molar-refractivity contribution in [3.8, 4) is 11.8 Å². The highest BCUT2D eigenvalue weighted by Gasteiger charge is 2.14. The van der Waals surface area contributed by atoms with Crippen LogP contribution in [0.3, 0.4) is 0 Å². The van der Waals surface area contributed by atoms with Gasteiger partial charge in [-0.05, 0) is 71.3 Å². The van der Waals surface area contributed by atoms with Crippen molar-refractivity contribution in [2.45, 2.75) is 19.4 Å². The van der Waals surface area contributed by atoms with Crippen LogP contribution in [0.15, 0.2) is 54.6 Å². The van der Waals surface area contributed by atoms with Crippen molar-refractivity contribution < 1.29 is 31.1 Å². The Morgan fingerprint density at radius 3 is 2.06 bits per heavy atom. The Bertz CT molecular complexity index is 1460. The van der Waals surface area contributed by atoms with Gasteiger partial charge in [0.05, 0.1) is 12.2 Å². The van der Waals surface area contributed by atoms with Gasteiger partial charge in [0.1, 0.15) is 17.5 Å². The molecule has 0 saturated heterocycles. The topological polar surface area (TPSA) is 9.23 Å². The molecule has 0 aliphatic carbocycles. The third-order valence-electron chi connectivity index (χ3n) is 5.52. The monoisotopic (exact) mass is 484 g/mol. The highest BCUT2D eigenvalue weighted by Crippen LogP contribution is 2.24. The van der Waals surface area contributed by atoms with Gasteiger partial charge in [0, 0.05) is 18.1 Å². The molecular weight excluding hydrogens is 466 g/mol. The summed E-state index contributed by atoms with van der Waals surface area (Å²) >= 11 is 0. The standard InChI is InChI=1S/C28H18F6O/c1-35-15-18-3-7-19(23(29)13-18)6-2-17-11-24(30)22(25(31)12-17)9-5-16-4-8-21-20(10-16)14-26(32)28(34)27(21)33/h3-4,7-8,10-14H,2,6,15H2,1H3. The van der Waals surface area contributed by atoms with Gasteiger partial charge in [0.15, 0.2) is 17.5 Å². The normalized spacial score (nSPS) is 10.9. The summed E-state index contributed by atoms with van der Waals surface area (Å²) in [7, 11) is 1.51. The molecule has 0 aliphatic heterocycles. The second-order valence-electron chi connectivity index (χ2n) is 7.97. The molecule has 0 heterocycles. The number of ether oxygens (including phenoxy) is 1. The van der Waals surface area contributed by atoms with Gasteiger partial charge in [0.25, 0.3) is 0 Å². The molecule has 0 bridgehead atoms. The van der Waals surface area contributed by atoms with E-state index in [9.17, 15) is 26.3 Å². The average molecular weight is 484 g/mol. The van der Waals surface area contributed by atoms with Crippen molar-refractivity contribution in [2.75, 3.05) is 7.11 Å². The summed E-state index contributed by atoms with van der Waals surface area (Å²) in [4.78, 5) is 0. The molecular formula is C28H18F6O. The minimum Gasteiger partial charge on any atom is -0.380 e. The summed E-state index contributed by atoms with van der Waals surface area (Å²) in [5.41, 5.74) is 1.20. The van der Waals surface area contributed by atoms with E-state index in [0.29, 0.717) is 16.7 Å². The van der Waals surface area contributed by atoms with Crippen LogP contribution in [0.1, 0.15) is 27.8 Å². The second-order valence-corrected chi connectivity index (χ2v) is 7.97. The van der Waals surface area contributed by atoms with E-state index in [0.717, 1.165) is 18.2 Å². The number of hydrogen-bond donors (Lipinski definition) is 0. The quantitative estimate of drug-likeness (QED) is 0.168. The molecule has 35 heavy (non-hydrogen) atoms. The largest absolute Gasteiger partial charge is 0.380 e. The minimum absolute atomic E-state index is 0.0620. The molecule has 0 aromatic heterocycles. The lowest BCUT2D eigenvalue weighted by molar-refractivity contribution is 0.184. The Hall–Kier alpha value is -3.76. The van der Waals surface area contributed by atoms with E-state index in [-0.39, 0.29) is 35.8 Å². The molecule has 0 N–H and O–H groups in total. The Morgan fingerprint density at radius 2 is 1.37 bits per heavy atom. The number of fused-ring (bicyclic) bond motifs is 1. The highest BCUT2D eigenvalue weighted by molar-refractivity contribution is 5.84. The van der Waals surface area contributed by atoms with Crippen LogP contribution in [0.5, 0.6) is 0 Å². The van der Waals surface area contributed by atoms with Gasteiger partial charge in [-0.3, -0.25) is 0 Å². The van der Waals surface area contributed by atoms with Crippen molar-refractivity contribution in [3.05, 3.63) is 117 Å². The van der Waals surface area contributed by atoms with Crippen molar-refractivity contribution in [1.82, 2.24) is 0 Å². The van der Waals surface area contributed by atoms with E-state index >= 15 is 0 Å². The van der Waals surface area contributed by atoms with Gasteiger partial charge in [0.2, 0.25) is 0 Å². The molecule has 0 atom stereocenters. The summed E-state index contributed by atoms with van der Waals surface area (Å²) in [5, 5.41) is -0.0760. The summed E-state index contributed by atoms with van der Waals surface area (Å²) in [6, 6.07) is 11.7. The summed E-state index contributed by atoms with van der Waals surface area (Å²) in [6.07, 6.45) is 0.453. The predicted octanol–water partition coefficient (Wildman–Crippen LogP) is 7.01. The van der Waals surface area contributed by atoms with Crippen LogP contribution in [0.2, 0.25) is 0 Å². The van der Waals surface area contributed by atoms with Crippen LogP contribution < -0.4 is 0 Å². The van der Waals surface area contributed by atoms with Crippen molar-refractivity contribution in [2.24, 2.45) is 0 Å². The molecule has 178 valence electrons. The van der Waals surface area contributed by atoms with Crippen molar-refractivity contribution in [1.29, 1.82) is 0 Å². The number of methoxy groups -OCH3 is 1. The van der Waals surface area contributed by atoms with E-state index < -0.39 is 40.5 Å². The van der Waals surface area contributed by atoms with E-state index in [1.54, 1.807) is 12.1 Å². The fraction of sp³-hybridized carbons (Fsp3) is 0.143. The van der Waals surface area contributed by atoms with E-state index in [2.05, 4.69) is 11.8 Å². The summed E-state index contributed by atoms with van der Waals surface area (Å²) < 4.78 is 89.1. The molecule has 1 nitrogen and oxygen atoms in total. The SMILES string of the molecule is COCc1ccc(CCc2cc(F)c(C#Cc3ccc4c(F)c(F)c(F)cc4c3)c(F)c2)c(F)c1. The molecule has 0 amide bonds. The zero-order chi connectivity index (χ0) is 25.1. The smallest absolute Gasteiger partial charge is 0.195 e. The third-order valence-corrected chi connectivity index (χ3v) is 5.52. The number of benzene rings is 4. The number of rotatable bonds is 5. The molecule has 7 heteroatoms. The van der Waals surface area contributed by atoms with Gasteiger partial charge < -0.3 is 4.74 Å². The molecule has 4 aromatic carbocycles. The lowest BCUT2D eigenvalue weighted by Crippen LogP contribution is -2.00. The van der Waals surface area contributed by atoms with Crippen molar-refractivity contribution >= 4 is 10.8 Å². The van der Waals surface area contributed by atoms with Crippen LogP contribution in [0.25, 0.3) is 10.8 Å². The first-order valence-corrected chi connectivity index (χ1v) is 10.6. The first-order chi connectivity index (χ1) is 16.8. The van der Waals surface area contributed by atoms with Crippen LogP contribution in [-0.2, 0) is 24.2 Å². The first-order valence-electron chi connectivity index (χ1n) is 10.6. The highest BCUT2D eigenvalue weighted by atomic mass is 19.2. The van der Waals surface area contributed by atoms with Gasteiger partial charge in [-0.15, -0.1) is 0 Å². The lowest BCUT2D eigenvalue weighted by Gasteiger charge is -2.07. The minimum atomic E-state index is -1.58. The average Bonchev–Trinajstić information content (AvgIpc) is 2.81. The fourth-order valence-corrected chi connectivity index (χ4v) is 3.74. The van der Waals surface area contributed by atoms with E-state index in [1.807, 2.05) is 0 Å². The van der Waals surface area contributed by atoms with Crippen LogP contribution in [-0.4, -0.2) is 7.11 Å². The van der Waals surface area contributed by atoms with Crippen LogP contribution >= 0.6 is 0 Å². The first kappa shape index (κ1) is 24.4. The second kappa shape index (κ2) is 10.2. The number of halogens is 6. The third kappa shape index (κ3) is 5.33. The van der Waals surface area contributed by atoms with Gasteiger partial charge in [-0.2, -0.15) is 0 Å². The van der Waals surface area contributed by atoms with Crippen LogP contribution in [0.4, 0.5) is 26.3 Å². The lowest BCUT2D eigenvalue weighted by atomic mass is 10.0. The maximum Gasteiger partial charge on any atom is 0.195 e. The maximum atomic E-state index is 14.6. The predicted molar refractivity (Wildman–Crippen MR) is 121 cm³/mol. The Morgan fingerprint density at radius 1 is 0.657 bits per heavy atom. The summed E-state index contributed by atoms with van der Waals surface area (Å²) in [6.45, 7) is 0.279. The molecule has 4 aromatic rings. The molecule has 0 spiro atoms. The number of aryl methyl sites for hydroxylation is 2. The zero-order valence-corrected chi connectivity index (χ0v) is 18.5. The number of hydrogen-bond acceptors (Lipinski definition) is 1. The van der Waals surface area contributed by atoms with Crippen molar-refractivity contribution in [3.63, 3.8) is 0 Å². The fourth-order valence-electron chi connectivity index (χ4n) is 3.74.